The Labute approximate surface area is 190 Å². The third kappa shape index (κ3) is 4.35. The van der Waals surface area contributed by atoms with Crippen molar-refractivity contribution in [1.29, 1.82) is 0 Å². The van der Waals surface area contributed by atoms with E-state index in [0.717, 1.165) is 24.2 Å². The van der Waals surface area contributed by atoms with Gasteiger partial charge in [0, 0.05) is 19.3 Å². The van der Waals surface area contributed by atoms with Crippen LogP contribution in [-0.2, 0) is 16.6 Å². The molecule has 1 aromatic carbocycles. The van der Waals surface area contributed by atoms with Crippen molar-refractivity contribution in [2.24, 2.45) is 7.05 Å². The van der Waals surface area contributed by atoms with Crippen LogP contribution >= 0.6 is 0 Å². The van der Waals surface area contributed by atoms with Gasteiger partial charge in [-0.25, -0.2) is 0 Å². The van der Waals surface area contributed by atoms with Crippen molar-refractivity contribution in [3.63, 3.8) is 0 Å². The minimum absolute atomic E-state index is 0.136. The van der Waals surface area contributed by atoms with Crippen molar-refractivity contribution in [1.82, 2.24) is 19.6 Å². The molecule has 1 aliphatic heterocycles. The van der Waals surface area contributed by atoms with Gasteiger partial charge in [0.05, 0.1) is 22.9 Å². The van der Waals surface area contributed by atoms with E-state index in [1.165, 1.54) is 5.56 Å². The summed E-state index contributed by atoms with van der Waals surface area (Å²) in [6, 6.07) is 7.35. The topological polar surface area (TPSA) is 78.7 Å². The molecule has 0 aliphatic carbocycles. The molecule has 1 saturated heterocycles. The number of hydrogen-bond acceptors (Lipinski definition) is 5. The normalized spacial score (nSPS) is 18.4. The number of carbonyl (C=O) groups excluding carboxylic acids is 2. The summed E-state index contributed by atoms with van der Waals surface area (Å²) in [6.45, 7) is 9.10. The fourth-order valence-corrected chi connectivity index (χ4v) is 4.33. The third-order valence-electron chi connectivity index (χ3n) is 6.21. The molecular formula is C25H34N4O3. The third-order valence-corrected chi connectivity index (χ3v) is 6.21. The second kappa shape index (κ2) is 9.28. The summed E-state index contributed by atoms with van der Waals surface area (Å²) in [7, 11) is 5.75. The van der Waals surface area contributed by atoms with Crippen LogP contribution in [0.3, 0.4) is 0 Å². The second-order valence-corrected chi connectivity index (χ2v) is 9.14. The molecule has 1 aliphatic rings. The number of aliphatic hydroxyl groups excluding tert-OH is 1. The molecule has 1 atom stereocenters. The van der Waals surface area contributed by atoms with Gasteiger partial charge in [-0.1, -0.05) is 38.1 Å². The van der Waals surface area contributed by atoms with E-state index >= 15 is 0 Å². The van der Waals surface area contributed by atoms with Crippen molar-refractivity contribution in [3.05, 3.63) is 57.9 Å². The van der Waals surface area contributed by atoms with Crippen LogP contribution in [0.4, 0.5) is 0 Å². The van der Waals surface area contributed by atoms with Gasteiger partial charge in [0.15, 0.2) is 0 Å². The Kier molecular flexibility index (Phi) is 6.88. The number of aryl methyl sites for hydroxylation is 2. The van der Waals surface area contributed by atoms with Gasteiger partial charge >= 0.3 is 0 Å². The Morgan fingerprint density at radius 3 is 2.28 bits per heavy atom. The fourth-order valence-electron chi connectivity index (χ4n) is 4.33. The highest BCUT2D eigenvalue weighted by atomic mass is 16.3. The second-order valence-electron chi connectivity index (χ2n) is 9.14. The highest BCUT2D eigenvalue weighted by Gasteiger charge is 2.46. The number of aromatic nitrogens is 2. The average molecular weight is 439 g/mol. The summed E-state index contributed by atoms with van der Waals surface area (Å²) in [5.74, 6) is -0.994. The molecule has 2 heterocycles. The molecule has 172 valence electrons. The van der Waals surface area contributed by atoms with Crippen LogP contribution in [0.5, 0.6) is 0 Å². The van der Waals surface area contributed by atoms with Crippen molar-refractivity contribution < 1.29 is 14.7 Å². The highest BCUT2D eigenvalue weighted by molar-refractivity contribution is 6.46. The molecule has 32 heavy (non-hydrogen) atoms. The van der Waals surface area contributed by atoms with Gasteiger partial charge in [0.1, 0.15) is 5.76 Å². The maximum absolute atomic E-state index is 13.2. The highest BCUT2D eigenvalue weighted by Crippen LogP contribution is 2.40. The van der Waals surface area contributed by atoms with E-state index in [1.807, 2.05) is 50.2 Å². The van der Waals surface area contributed by atoms with Crippen LogP contribution in [-0.4, -0.2) is 63.6 Å². The molecule has 7 heteroatoms. The molecule has 1 aromatic heterocycles. The zero-order chi connectivity index (χ0) is 23.7. The SMILES string of the molecule is Cc1nn(C)c(C)c1/C(O)=C1\C(=O)C(=O)N(CCCN(C)C)[C@@H]1c1ccc(C(C)C)cc1. The Bertz CT molecular complexity index is 1050. The Balaban J connectivity index is 2.14. The largest absolute Gasteiger partial charge is 0.507 e. The first kappa shape index (κ1) is 23.7. The molecule has 0 saturated carbocycles. The summed E-state index contributed by atoms with van der Waals surface area (Å²) < 4.78 is 1.67. The van der Waals surface area contributed by atoms with Crippen LogP contribution in [0.2, 0.25) is 0 Å². The molecule has 0 radical (unpaired) electrons. The van der Waals surface area contributed by atoms with Gasteiger partial charge in [-0.15, -0.1) is 0 Å². The van der Waals surface area contributed by atoms with Gasteiger partial charge in [-0.2, -0.15) is 5.10 Å². The monoisotopic (exact) mass is 438 g/mol. The first-order valence-corrected chi connectivity index (χ1v) is 11.1. The van der Waals surface area contributed by atoms with Crippen LogP contribution in [0.25, 0.3) is 5.76 Å². The van der Waals surface area contributed by atoms with Gasteiger partial charge in [-0.3, -0.25) is 14.3 Å². The zero-order valence-electron chi connectivity index (χ0n) is 20.1. The number of aliphatic hydroxyl groups is 1. The van der Waals surface area contributed by atoms with E-state index in [1.54, 1.807) is 23.6 Å². The first-order chi connectivity index (χ1) is 15.0. The van der Waals surface area contributed by atoms with Crippen molar-refractivity contribution in [2.45, 2.75) is 46.1 Å². The molecule has 0 bridgehead atoms. The van der Waals surface area contributed by atoms with Gasteiger partial charge < -0.3 is 14.9 Å². The number of Topliss-reactive ketones (excluding diaryl/α,β-unsaturated/α-hetero) is 1. The smallest absolute Gasteiger partial charge is 0.295 e. The molecule has 1 fully saturated rings. The molecule has 0 unspecified atom stereocenters. The summed E-state index contributed by atoms with van der Waals surface area (Å²) in [5, 5.41) is 15.7. The van der Waals surface area contributed by atoms with E-state index < -0.39 is 17.7 Å². The zero-order valence-corrected chi connectivity index (χ0v) is 20.1. The van der Waals surface area contributed by atoms with Gasteiger partial charge in [-0.05, 0) is 58.0 Å². The maximum Gasteiger partial charge on any atom is 0.295 e. The van der Waals surface area contributed by atoms with Crippen LogP contribution in [0, 0.1) is 13.8 Å². The minimum atomic E-state index is -0.645. The Morgan fingerprint density at radius 1 is 1.16 bits per heavy atom. The number of rotatable bonds is 7. The van der Waals surface area contributed by atoms with E-state index in [0.29, 0.717) is 23.7 Å². The van der Waals surface area contributed by atoms with Crippen LogP contribution < -0.4 is 0 Å². The molecule has 1 N–H and O–H groups in total. The lowest BCUT2D eigenvalue weighted by molar-refractivity contribution is -0.139. The van der Waals surface area contributed by atoms with Gasteiger partial charge in [0.25, 0.3) is 11.7 Å². The number of amides is 1. The maximum atomic E-state index is 13.2. The van der Waals surface area contributed by atoms with Crippen molar-refractivity contribution in [3.8, 4) is 0 Å². The standard InChI is InChI=1S/C25H34N4O3/c1-15(2)18-9-11-19(12-10-18)22-21(23(30)20-16(3)26-28(7)17(20)4)24(31)25(32)29(22)14-8-13-27(5)6/h9-12,15,22,30H,8,13-14H2,1-7H3/b23-21+/t22-/m1/s1. The lowest BCUT2D eigenvalue weighted by Gasteiger charge is -2.26. The number of carbonyl (C=O) groups is 2. The van der Waals surface area contributed by atoms with Crippen LogP contribution in [0.15, 0.2) is 29.8 Å². The molecular weight excluding hydrogens is 404 g/mol. The Hall–Kier alpha value is -2.93. The Morgan fingerprint density at radius 2 is 1.78 bits per heavy atom. The summed E-state index contributed by atoms with van der Waals surface area (Å²) >= 11 is 0. The lowest BCUT2D eigenvalue weighted by Crippen LogP contribution is -2.32. The fraction of sp³-hybridized carbons (Fsp3) is 0.480. The van der Waals surface area contributed by atoms with Crippen molar-refractivity contribution in [2.75, 3.05) is 27.2 Å². The summed E-state index contributed by atoms with van der Waals surface area (Å²) in [4.78, 5) is 29.9. The first-order valence-electron chi connectivity index (χ1n) is 11.1. The lowest BCUT2D eigenvalue weighted by atomic mass is 9.93. The molecule has 1 amide bonds. The minimum Gasteiger partial charge on any atom is -0.507 e. The van der Waals surface area contributed by atoms with Crippen molar-refractivity contribution >= 4 is 17.4 Å². The number of hydrogen-bond donors (Lipinski definition) is 1. The van der Waals surface area contributed by atoms with Crippen LogP contribution in [0.1, 0.15) is 60.3 Å². The van der Waals surface area contributed by atoms with Gasteiger partial charge in [0.2, 0.25) is 0 Å². The molecule has 7 nitrogen and oxygen atoms in total. The molecule has 3 rings (SSSR count). The summed E-state index contributed by atoms with van der Waals surface area (Å²) in [6.07, 6.45) is 0.728. The van der Waals surface area contributed by atoms with E-state index in [4.69, 9.17) is 0 Å². The quantitative estimate of drug-likeness (QED) is 0.406. The average Bonchev–Trinajstić information content (AvgIpc) is 3.13. The number of nitrogens with zero attached hydrogens (tertiary/aromatic N) is 4. The van der Waals surface area contributed by atoms with E-state index in [2.05, 4.69) is 18.9 Å². The van der Waals surface area contributed by atoms with E-state index in [9.17, 15) is 14.7 Å². The van der Waals surface area contributed by atoms with E-state index in [-0.39, 0.29) is 11.3 Å². The number of benzene rings is 1. The molecule has 0 spiro atoms. The number of ketones is 1. The number of likely N-dealkylation sites (tertiary alicyclic amines) is 1. The predicted octanol–water partition coefficient (Wildman–Crippen LogP) is 3.53. The molecule has 2 aromatic rings. The summed E-state index contributed by atoms with van der Waals surface area (Å²) in [5.41, 5.74) is 4.01. The predicted molar refractivity (Wildman–Crippen MR) is 125 cm³/mol.